The van der Waals surface area contributed by atoms with Crippen LogP contribution >= 0.6 is 11.3 Å². The van der Waals surface area contributed by atoms with Crippen LogP contribution in [0.3, 0.4) is 0 Å². The van der Waals surface area contributed by atoms with Crippen LogP contribution in [-0.2, 0) is 11.8 Å². The first kappa shape index (κ1) is 20.8. The fourth-order valence-electron chi connectivity index (χ4n) is 3.60. The largest absolute Gasteiger partial charge is 0.462 e. The molecule has 0 saturated carbocycles. The Bertz CT molecular complexity index is 1340. The zero-order valence-corrected chi connectivity index (χ0v) is 18.8. The molecule has 0 radical (unpaired) electrons. The van der Waals surface area contributed by atoms with E-state index in [1.54, 1.807) is 36.6 Å². The Kier molecular flexibility index (Phi) is 5.86. The van der Waals surface area contributed by atoms with Gasteiger partial charge in [-0.15, -0.1) is 5.10 Å². The van der Waals surface area contributed by atoms with Gasteiger partial charge in [-0.3, -0.25) is 0 Å². The van der Waals surface area contributed by atoms with E-state index in [1.165, 1.54) is 4.70 Å². The predicted molar refractivity (Wildman–Crippen MR) is 125 cm³/mol. The van der Waals surface area contributed by atoms with Crippen LogP contribution in [0.5, 0.6) is 0 Å². The van der Waals surface area contributed by atoms with Crippen molar-refractivity contribution in [2.24, 2.45) is 17.3 Å². The standard InChI is InChI=1S/C24H24N4O2S/c1-5-30-23(29)18-10-12-20(13-11-18)28-16(2)14-19(17(28)3)15-25-26-24-27(4)21-8-6-7-9-22(21)31-24/h6-15H,5H2,1-4H3/b25-15+,26-24-. The van der Waals surface area contributed by atoms with Crippen LogP contribution in [0.15, 0.2) is 64.8 Å². The molecule has 0 aliphatic heterocycles. The lowest BCUT2D eigenvalue weighted by Gasteiger charge is -2.10. The van der Waals surface area contributed by atoms with Crippen molar-refractivity contribution in [1.29, 1.82) is 0 Å². The Morgan fingerprint density at radius 1 is 1.13 bits per heavy atom. The van der Waals surface area contributed by atoms with E-state index < -0.39 is 0 Å². The summed E-state index contributed by atoms with van der Waals surface area (Å²) >= 11 is 1.62. The van der Waals surface area contributed by atoms with E-state index in [4.69, 9.17) is 4.74 Å². The third-order valence-corrected chi connectivity index (χ3v) is 6.27. The molecule has 7 heteroatoms. The summed E-state index contributed by atoms with van der Waals surface area (Å²) in [4.78, 5) is 12.7. The minimum absolute atomic E-state index is 0.307. The van der Waals surface area contributed by atoms with Crippen molar-refractivity contribution in [2.75, 3.05) is 6.61 Å². The molecule has 0 bridgehead atoms. The number of benzene rings is 2. The Morgan fingerprint density at radius 3 is 2.58 bits per heavy atom. The van der Waals surface area contributed by atoms with Crippen LogP contribution < -0.4 is 4.80 Å². The summed E-state index contributed by atoms with van der Waals surface area (Å²) < 4.78 is 10.4. The maximum atomic E-state index is 11.9. The summed E-state index contributed by atoms with van der Waals surface area (Å²) in [5.74, 6) is -0.307. The number of esters is 1. The molecule has 158 valence electrons. The topological polar surface area (TPSA) is 60.9 Å². The van der Waals surface area contributed by atoms with Crippen molar-refractivity contribution < 1.29 is 9.53 Å². The Morgan fingerprint density at radius 2 is 1.87 bits per heavy atom. The van der Waals surface area contributed by atoms with E-state index in [-0.39, 0.29) is 5.97 Å². The van der Waals surface area contributed by atoms with Crippen molar-refractivity contribution in [3.63, 3.8) is 0 Å². The number of thiazole rings is 1. The fourth-order valence-corrected chi connectivity index (χ4v) is 4.57. The van der Waals surface area contributed by atoms with Crippen LogP contribution in [0, 0.1) is 13.8 Å². The van der Waals surface area contributed by atoms with Crippen LogP contribution in [0.4, 0.5) is 0 Å². The Hall–Kier alpha value is -3.45. The average Bonchev–Trinajstić information content (AvgIpc) is 3.24. The first-order valence-electron chi connectivity index (χ1n) is 10.1. The Labute approximate surface area is 184 Å². The second-order valence-corrected chi connectivity index (χ2v) is 8.19. The number of aryl methyl sites for hydroxylation is 2. The lowest BCUT2D eigenvalue weighted by Crippen LogP contribution is -2.08. The second-order valence-electron chi connectivity index (χ2n) is 7.19. The van der Waals surface area contributed by atoms with Crippen LogP contribution in [0.25, 0.3) is 15.9 Å². The van der Waals surface area contributed by atoms with Gasteiger partial charge in [-0.25, -0.2) is 4.79 Å². The maximum absolute atomic E-state index is 11.9. The van der Waals surface area contributed by atoms with Crippen LogP contribution in [-0.4, -0.2) is 27.9 Å². The highest BCUT2D eigenvalue weighted by Gasteiger charge is 2.11. The zero-order valence-electron chi connectivity index (χ0n) is 18.0. The molecule has 2 aromatic carbocycles. The smallest absolute Gasteiger partial charge is 0.338 e. The first-order valence-corrected chi connectivity index (χ1v) is 10.9. The van der Waals surface area contributed by atoms with Crippen LogP contribution in [0.1, 0.15) is 34.2 Å². The summed E-state index contributed by atoms with van der Waals surface area (Å²) in [6, 6.07) is 17.7. The fraction of sp³-hybridized carbons (Fsp3) is 0.208. The molecule has 0 aliphatic rings. The third kappa shape index (κ3) is 4.09. The number of hydrogen-bond donors (Lipinski definition) is 0. The number of aromatic nitrogens is 2. The number of rotatable bonds is 5. The normalized spacial score (nSPS) is 12.2. The number of hydrogen-bond acceptors (Lipinski definition) is 5. The number of nitrogens with zero attached hydrogens (tertiary/aromatic N) is 4. The summed E-state index contributed by atoms with van der Waals surface area (Å²) in [7, 11) is 2.00. The molecular weight excluding hydrogens is 408 g/mol. The van der Waals surface area contributed by atoms with E-state index in [9.17, 15) is 4.79 Å². The van der Waals surface area contributed by atoms with Gasteiger partial charge in [-0.05, 0) is 63.2 Å². The highest BCUT2D eigenvalue weighted by atomic mass is 32.1. The lowest BCUT2D eigenvalue weighted by molar-refractivity contribution is 0.0526. The number of carbonyl (C=O) groups is 1. The summed E-state index contributed by atoms with van der Waals surface area (Å²) in [5.41, 5.74) is 5.81. The van der Waals surface area contributed by atoms with Crippen LogP contribution in [0.2, 0.25) is 0 Å². The molecule has 0 spiro atoms. The number of carbonyl (C=O) groups excluding carboxylic acids is 1. The van der Waals surface area contributed by atoms with Gasteiger partial charge in [-0.2, -0.15) is 5.10 Å². The van der Waals surface area contributed by atoms with Gasteiger partial charge in [0.2, 0.25) is 4.80 Å². The van der Waals surface area contributed by atoms with E-state index in [0.717, 1.165) is 33.0 Å². The van der Waals surface area contributed by atoms with Crippen molar-refractivity contribution >= 4 is 33.7 Å². The maximum Gasteiger partial charge on any atom is 0.338 e. The van der Waals surface area contributed by atoms with Gasteiger partial charge in [0.25, 0.3) is 0 Å². The molecule has 31 heavy (non-hydrogen) atoms. The lowest BCUT2D eigenvalue weighted by atomic mass is 10.2. The molecule has 0 unspecified atom stereocenters. The third-order valence-electron chi connectivity index (χ3n) is 5.16. The number of para-hydroxylation sites is 1. The van der Waals surface area contributed by atoms with Gasteiger partial charge in [0.05, 0.1) is 28.6 Å². The van der Waals surface area contributed by atoms with Crippen molar-refractivity contribution in [2.45, 2.75) is 20.8 Å². The van der Waals surface area contributed by atoms with E-state index in [0.29, 0.717) is 12.2 Å². The predicted octanol–water partition coefficient (Wildman–Crippen LogP) is 4.76. The molecule has 2 aromatic heterocycles. The molecule has 6 nitrogen and oxygen atoms in total. The Balaban J connectivity index is 1.62. The van der Waals surface area contributed by atoms with Crippen molar-refractivity contribution in [3.05, 3.63) is 81.9 Å². The summed E-state index contributed by atoms with van der Waals surface area (Å²) in [5, 5.41) is 8.78. The monoisotopic (exact) mass is 432 g/mol. The van der Waals surface area contributed by atoms with Crippen molar-refractivity contribution in [3.8, 4) is 5.69 Å². The molecule has 0 N–H and O–H groups in total. The average molecular weight is 433 g/mol. The van der Waals surface area contributed by atoms with E-state index in [1.807, 2.05) is 49.7 Å². The highest BCUT2D eigenvalue weighted by Crippen LogP contribution is 2.21. The van der Waals surface area contributed by atoms with E-state index >= 15 is 0 Å². The van der Waals surface area contributed by atoms with Gasteiger partial charge in [0.15, 0.2) is 0 Å². The molecule has 0 saturated heterocycles. The van der Waals surface area contributed by atoms with Crippen molar-refractivity contribution in [1.82, 2.24) is 9.13 Å². The van der Waals surface area contributed by atoms with Gasteiger partial charge in [-0.1, -0.05) is 23.5 Å². The van der Waals surface area contributed by atoms with E-state index in [2.05, 4.69) is 33.0 Å². The molecule has 0 amide bonds. The highest BCUT2D eigenvalue weighted by molar-refractivity contribution is 7.16. The quantitative estimate of drug-likeness (QED) is 0.259. The molecule has 4 rings (SSSR count). The minimum Gasteiger partial charge on any atom is -0.462 e. The summed E-state index contributed by atoms with van der Waals surface area (Å²) in [6.45, 7) is 6.26. The molecule has 0 atom stereocenters. The SMILES string of the molecule is CCOC(=O)c1ccc(-n2c(C)cc(/C=N/N=c3\sc4ccccc4n3C)c2C)cc1. The number of fused-ring (bicyclic) bond motifs is 1. The zero-order chi connectivity index (χ0) is 22.0. The second kappa shape index (κ2) is 8.73. The first-order chi connectivity index (χ1) is 15.0. The number of ether oxygens (including phenoxy) is 1. The van der Waals surface area contributed by atoms with Gasteiger partial charge in [0.1, 0.15) is 0 Å². The molecule has 0 aliphatic carbocycles. The molecule has 0 fully saturated rings. The molecular formula is C24H24N4O2S. The van der Waals surface area contributed by atoms with Gasteiger partial charge < -0.3 is 13.9 Å². The minimum atomic E-state index is -0.307. The molecule has 2 heterocycles. The van der Waals surface area contributed by atoms with Gasteiger partial charge in [0, 0.05) is 29.7 Å². The summed E-state index contributed by atoms with van der Waals surface area (Å²) in [6.07, 6.45) is 1.79. The molecule has 4 aromatic rings. The van der Waals surface area contributed by atoms with Gasteiger partial charge >= 0.3 is 5.97 Å².